The van der Waals surface area contributed by atoms with Crippen LogP contribution in [0, 0.1) is 5.82 Å². The standard InChI is InChI=1S/C26H28FN3O6/c1-32-22-5-3-18-23(30-22)16(17(27)12-29-18)6-7-26(31)14-36-24-19(13-35-25(24)26)28-11-15-2-4-20-21(10-15)34-9-8-33-20/h2-5,10,12,19,24-25,28,31H,6-9,11,13-14H2,1H3/t19-,24+,25-,26+/m0/s1. The highest BCUT2D eigenvalue weighted by atomic mass is 19.1. The average molecular weight is 498 g/mol. The molecule has 4 atom stereocenters. The maximum absolute atomic E-state index is 14.7. The van der Waals surface area contributed by atoms with E-state index < -0.39 is 17.5 Å². The van der Waals surface area contributed by atoms with Gasteiger partial charge in [0.2, 0.25) is 5.88 Å². The lowest BCUT2D eigenvalue weighted by atomic mass is 9.89. The van der Waals surface area contributed by atoms with Crippen LogP contribution >= 0.6 is 0 Å². The summed E-state index contributed by atoms with van der Waals surface area (Å²) in [6, 6.07) is 9.22. The zero-order valence-corrected chi connectivity index (χ0v) is 19.9. The second-order valence-electron chi connectivity index (χ2n) is 9.40. The Labute approximate surface area is 207 Å². The van der Waals surface area contributed by atoms with Crippen molar-refractivity contribution in [1.29, 1.82) is 0 Å². The van der Waals surface area contributed by atoms with Gasteiger partial charge in [0.25, 0.3) is 0 Å². The zero-order valence-electron chi connectivity index (χ0n) is 19.9. The van der Waals surface area contributed by atoms with Crippen molar-refractivity contribution in [2.24, 2.45) is 0 Å². The Kier molecular flexibility index (Phi) is 6.12. The number of methoxy groups -OCH3 is 1. The summed E-state index contributed by atoms with van der Waals surface area (Å²) in [6.45, 7) is 2.22. The van der Waals surface area contributed by atoms with Gasteiger partial charge in [0.1, 0.15) is 36.8 Å². The number of nitrogens with zero attached hydrogens (tertiary/aromatic N) is 2. The number of benzene rings is 1. The van der Waals surface area contributed by atoms with E-state index in [1.165, 1.54) is 13.3 Å². The number of pyridine rings is 2. The number of ether oxygens (including phenoxy) is 5. The number of aryl methyl sites for hydroxylation is 1. The lowest BCUT2D eigenvalue weighted by molar-refractivity contribution is -0.0698. The minimum absolute atomic E-state index is 0.0818. The molecule has 2 N–H and O–H groups in total. The van der Waals surface area contributed by atoms with E-state index in [-0.39, 0.29) is 31.6 Å². The van der Waals surface area contributed by atoms with Crippen LogP contribution in [0.1, 0.15) is 17.5 Å². The summed E-state index contributed by atoms with van der Waals surface area (Å²) in [4.78, 5) is 8.50. The van der Waals surface area contributed by atoms with E-state index >= 15 is 0 Å². The number of aromatic nitrogens is 2. The van der Waals surface area contributed by atoms with Crippen LogP contribution in [0.25, 0.3) is 11.0 Å². The molecule has 0 spiro atoms. The molecule has 5 heterocycles. The van der Waals surface area contributed by atoms with Gasteiger partial charge >= 0.3 is 0 Å². The number of nitrogens with one attached hydrogen (secondary N) is 1. The second kappa shape index (κ2) is 9.44. The molecule has 0 radical (unpaired) electrons. The van der Waals surface area contributed by atoms with E-state index in [4.69, 9.17) is 23.7 Å². The summed E-state index contributed by atoms with van der Waals surface area (Å²) >= 11 is 0. The average Bonchev–Trinajstić information content (AvgIpc) is 3.47. The van der Waals surface area contributed by atoms with E-state index in [0.717, 1.165) is 17.1 Å². The molecule has 3 aliphatic heterocycles. The van der Waals surface area contributed by atoms with E-state index in [2.05, 4.69) is 15.3 Å². The molecule has 0 unspecified atom stereocenters. The molecule has 0 amide bonds. The summed E-state index contributed by atoms with van der Waals surface area (Å²) < 4.78 is 43.2. The van der Waals surface area contributed by atoms with Crippen LogP contribution in [0.3, 0.4) is 0 Å². The van der Waals surface area contributed by atoms with E-state index in [1.807, 2.05) is 18.2 Å². The van der Waals surface area contributed by atoms with Crippen LogP contribution in [-0.2, 0) is 22.4 Å². The smallest absolute Gasteiger partial charge is 0.213 e. The van der Waals surface area contributed by atoms with Gasteiger partial charge in [-0.15, -0.1) is 0 Å². The van der Waals surface area contributed by atoms with Crippen molar-refractivity contribution in [3.8, 4) is 17.4 Å². The molecular weight excluding hydrogens is 469 g/mol. The number of halogens is 1. The number of rotatable bonds is 7. The van der Waals surface area contributed by atoms with Gasteiger partial charge in [-0.25, -0.2) is 9.37 Å². The first-order valence-corrected chi connectivity index (χ1v) is 12.1. The van der Waals surface area contributed by atoms with Crippen LogP contribution in [0.5, 0.6) is 17.4 Å². The third-order valence-corrected chi connectivity index (χ3v) is 7.14. The molecule has 6 rings (SSSR count). The number of hydrogen-bond acceptors (Lipinski definition) is 9. The maximum Gasteiger partial charge on any atom is 0.213 e. The van der Waals surface area contributed by atoms with Crippen molar-refractivity contribution in [2.75, 3.05) is 33.5 Å². The predicted octanol–water partition coefficient (Wildman–Crippen LogP) is 2.17. The number of aliphatic hydroxyl groups is 1. The van der Waals surface area contributed by atoms with E-state index in [9.17, 15) is 9.50 Å². The topological polar surface area (TPSA) is 104 Å². The Morgan fingerprint density at radius 1 is 1.17 bits per heavy atom. The Balaban J connectivity index is 1.12. The molecular formula is C26H28FN3O6. The Bertz CT molecular complexity index is 1280. The predicted molar refractivity (Wildman–Crippen MR) is 127 cm³/mol. The molecule has 190 valence electrons. The van der Waals surface area contributed by atoms with Crippen LogP contribution in [0.4, 0.5) is 4.39 Å². The molecule has 10 heteroatoms. The maximum atomic E-state index is 14.7. The summed E-state index contributed by atoms with van der Waals surface area (Å²) in [7, 11) is 1.51. The molecule has 2 fully saturated rings. The van der Waals surface area contributed by atoms with Crippen LogP contribution in [0.15, 0.2) is 36.5 Å². The largest absolute Gasteiger partial charge is 0.486 e. The van der Waals surface area contributed by atoms with Crippen molar-refractivity contribution >= 4 is 11.0 Å². The molecule has 9 nitrogen and oxygen atoms in total. The lowest BCUT2D eigenvalue weighted by Crippen LogP contribution is -2.45. The molecule has 2 saturated heterocycles. The summed E-state index contributed by atoms with van der Waals surface area (Å²) in [5, 5.41) is 14.9. The highest BCUT2D eigenvalue weighted by Crippen LogP contribution is 2.38. The molecule has 0 aliphatic carbocycles. The van der Waals surface area contributed by atoms with Crippen molar-refractivity contribution in [1.82, 2.24) is 15.3 Å². The van der Waals surface area contributed by atoms with Gasteiger partial charge in [-0.3, -0.25) is 4.98 Å². The Morgan fingerprint density at radius 3 is 2.89 bits per heavy atom. The summed E-state index contributed by atoms with van der Waals surface area (Å²) in [5.41, 5.74) is 1.21. The molecule has 3 aliphatic rings. The first kappa shape index (κ1) is 23.4. The van der Waals surface area contributed by atoms with Crippen LogP contribution in [-0.4, -0.2) is 72.5 Å². The summed E-state index contributed by atoms with van der Waals surface area (Å²) in [5.74, 6) is 1.42. The second-order valence-corrected chi connectivity index (χ2v) is 9.40. The van der Waals surface area contributed by atoms with Crippen molar-refractivity contribution in [2.45, 2.75) is 43.2 Å². The van der Waals surface area contributed by atoms with Gasteiger partial charge in [-0.2, -0.15) is 0 Å². The van der Waals surface area contributed by atoms with Crippen LogP contribution < -0.4 is 19.5 Å². The fraction of sp³-hybridized carbons (Fsp3) is 0.462. The molecule has 0 saturated carbocycles. The molecule has 0 bridgehead atoms. The molecule has 2 aromatic heterocycles. The zero-order chi connectivity index (χ0) is 24.7. The lowest BCUT2D eigenvalue weighted by Gasteiger charge is -2.27. The number of fused-ring (bicyclic) bond motifs is 3. The SMILES string of the molecule is COc1ccc2ncc(F)c(CC[C@@]3(O)CO[C@@H]4[C@@H](NCc5ccc6c(c5)OCCO6)CO[C@@H]43)c2n1. The van der Waals surface area contributed by atoms with Gasteiger partial charge in [0, 0.05) is 18.2 Å². The fourth-order valence-electron chi connectivity index (χ4n) is 5.20. The highest BCUT2D eigenvalue weighted by molar-refractivity contribution is 5.78. The van der Waals surface area contributed by atoms with Crippen molar-refractivity contribution in [3.63, 3.8) is 0 Å². The van der Waals surface area contributed by atoms with Crippen molar-refractivity contribution < 1.29 is 33.2 Å². The highest BCUT2D eigenvalue weighted by Gasteiger charge is 2.55. The minimum atomic E-state index is -1.24. The molecule has 1 aromatic carbocycles. The molecule has 3 aromatic rings. The third-order valence-electron chi connectivity index (χ3n) is 7.14. The quantitative estimate of drug-likeness (QED) is 0.508. The van der Waals surface area contributed by atoms with E-state index in [1.54, 1.807) is 12.1 Å². The Hall–Kier alpha value is -3.05. The van der Waals surface area contributed by atoms with Gasteiger partial charge in [0.05, 0.1) is 43.6 Å². The van der Waals surface area contributed by atoms with Gasteiger partial charge < -0.3 is 34.1 Å². The van der Waals surface area contributed by atoms with Gasteiger partial charge in [-0.05, 0) is 36.6 Å². The normalized spacial score (nSPS) is 26.8. The first-order valence-electron chi connectivity index (χ1n) is 12.1. The fourth-order valence-corrected chi connectivity index (χ4v) is 5.20. The first-order chi connectivity index (χ1) is 17.5. The molecule has 36 heavy (non-hydrogen) atoms. The van der Waals surface area contributed by atoms with Gasteiger partial charge in [0.15, 0.2) is 11.5 Å². The van der Waals surface area contributed by atoms with Gasteiger partial charge in [-0.1, -0.05) is 6.07 Å². The third kappa shape index (κ3) is 4.24. The Morgan fingerprint density at radius 2 is 2.03 bits per heavy atom. The number of hydrogen-bond donors (Lipinski definition) is 2. The minimum Gasteiger partial charge on any atom is -0.486 e. The van der Waals surface area contributed by atoms with Crippen LogP contribution in [0.2, 0.25) is 0 Å². The summed E-state index contributed by atoms with van der Waals surface area (Å²) in [6.07, 6.45) is 0.900. The van der Waals surface area contributed by atoms with E-state index in [0.29, 0.717) is 48.8 Å². The van der Waals surface area contributed by atoms with Crippen molar-refractivity contribution in [3.05, 3.63) is 53.5 Å². The monoisotopic (exact) mass is 497 g/mol.